The smallest absolute Gasteiger partial charge is 0.142 e. The van der Waals surface area contributed by atoms with Crippen molar-refractivity contribution in [3.8, 4) is 0 Å². The van der Waals surface area contributed by atoms with E-state index in [0.29, 0.717) is 38.7 Å². The fraction of sp³-hybridized carbons (Fsp3) is 0.906. The third-order valence-corrected chi connectivity index (χ3v) is 15.5. The van der Waals surface area contributed by atoms with Gasteiger partial charge in [-0.1, -0.05) is 51.5 Å². The average Bonchev–Trinajstić information content (AvgIpc) is 3.69. The minimum atomic E-state index is -0.510. The van der Waals surface area contributed by atoms with Gasteiger partial charge in [0.25, 0.3) is 0 Å². The summed E-state index contributed by atoms with van der Waals surface area (Å²) in [6.07, 6.45) is 27.6. The van der Waals surface area contributed by atoms with E-state index in [9.17, 15) is 9.90 Å². The molecule has 3 saturated carbocycles. The van der Waals surface area contributed by atoms with E-state index in [2.05, 4.69) is 6.92 Å². The Bertz CT molecular complexity index is 775. The SMILES string of the molecule is CCPCC1OC(C2CCC3CCCCC32)CC1PCC1OC(C2CCCCC2)CC1PCC(O)/C=C\C=O. The van der Waals surface area contributed by atoms with Gasteiger partial charge in [0.05, 0.1) is 30.5 Å². The van der Waals surface area contributed by atoms with Gasteiger partial charge in [0.15, 0.2) is 0 Å². The van der Waals surface area contributed by atoms with Gasteiger partial charge >= 0.3 is 0 Å². The van der Waals surface area contributed by atoms with Crippen LogP contribution in [0.2, 0.25) is 0 Å². The minimum absolute atomic E-state index is 0.346. The molecule has 7 heteroatoms. The normalized spacial score (nSPS) is 41.2. The summed E-state index contributed by atoms with van der Waals surface area (Å²) in [6, 6.07) is 0. The maximum Gasteiger partial charge on any atom is 0.142 e. The van der Waals surface area contributed by atoms with Crippen LogP contribution in [0.25, 0.3) is 0 Å². The highest BCUT2D eigenvalue weighted by atomic mass is 31.1. The lowest BCUT2D eigenvalue weighted by Gasteiger charge is -2.32. The number of allylic oxidation sites excluding steroid dienone is 1. The molecule has 0 aromatic rings. The Balaban J connectivity index is 1.19. The van der Waals surface area contributed by atoms with Crippen LogP contribution < -0.4 is 0 Å². The van der Waals surface area contributed by atoms with Crippen LogP contribution >= 0.6 is 25.7 Å². The van der Waals surface area contributed by atoms with Gasteiger partial charge in [0, 0.05) is 11.3 Å². The zero-order valence-electron chi connectivity index (χ0n) is 24.3. The Kier molecular flexibility index (Phi) is 12.6. The predicted molar refractivity (Wildman–Crippen MR) is 170 cm³/mol. The van der Waals surface area contributed by atoms with Gasteiger partial charge in [-0.2, -0.15) is 0 Å². The first kappa shape index (κ1) is 31.0. The molecule has 3 aliphatic carbocycles. The highest BCUT2D eigenvalue weighted by Crippen LogP contribution is 2.52. The van der Waals surface area contributed by atoms with Crippen molar-refractivity contribution in [3.63, 3.8) is 0 Å². The van der Waals surface area contributed by atoms with Crippen LogP contribution in [0.3, 0.4) is 0 Å². The van der Waals surface area contributed by atoms with Crippen LogP contribution in [-0.2, 0) is 14.3 Å². The monoisotopic (exact) mass is 596 g/mol. The Morgan fingerprint density at radius 3 is 2.31 bits per heavy atom. The number of carbonyl (C=O) groups is 1. The molecule has 1 N–H and O–H groups in total. The lowest BCUT2D eigenvalue weighted by atomic mass is 9.76. The molecule has 2 heterocycles. The van der Waals surface area contributed by atoms with E-state index in [-0.39, 0.29) is 0 Å². The largest absolute Gasteiger partial charge is 0.389 e. The number of rotatable bonds is 13. The van der Waals surface area contributed by atoms with Crippen LogP contribution in [0.1, 0.15) is 90.4 Å². The van der Waals surface area contributed by atoms with Gasteiger partial charge in [-0.05, 0) is 99.3 Å². The van der Waals surface area contributed by atoms with Crippen molar-refractivity contribution in [2.24, 2.45) is 23.7 Å². The fourth-order valence-electron chi connectivity index (χ4n) is 8.76. The van der Waals surface area contributed by atoms with Gasteiger partial charge in [-0.25, -0.2) is 0 Å². The molecule has 0 aromatic heterocycles. The van der Waals surface area contributed by atoms with Crippen molar-refractivity contribution < 1.29 is 19.4 Å². The van der Waals surface area contributed by atoms with Crippen molar-refractivity contribution in [1.29, 1.82) is 0 Å². The van der Waals surface area contributed by atoms with Crippen molar-refractivity contribution in [1.82, 2.24) is 0 Å². The number of fused-ring (bicyclic) bond motifs is 1. The molecule has 0 bridgehead atoms. The summed E-state index contributed by atoms with van der Waals surface area (Å²) >= 11 is 0. The van der Waals surface area contributed by atoms with Gasteiger partial charge in [0.1, 0.15) is 6.29 Å². The molecular formula is C32H55O4P3. The summed E-state index contributed by atoms with van der Waals surface area (Å²) in [5.74, 6) is 3.50. The molecule has 222 valence electrons. The molecule has 13 atom stereocenters. The van der Waals surface area contributed by atoms with Crippen LogP contribution in [-0.4, -0.2) is 77.9 Å². The molecule has 5 fully saturated rings. The average molecular weight is 597 g/mol. The first-order valence-corrected chi connectivity index (χ1v) is 20.4. The van der Waals surface area contributed by atoms with Gasteiger partial charge in [-0.15, -0.1) is 25.7 Å². The molecular weight excluding hydrogens is 541 g/mol. The molecule has 5 rings (SSSR count). The van der Waals surface area contributed by atoms with Gasteiger partial charge < -0.3 is 14.6 Å². The first-order valence-electron chi connectivity index (χ1n) is 16.4. The second kappa shape index (κ2) is 15.9. The van der Waals surface area contributed by atoms with Gasteiger partial charge in [-0.3, -0.25) is 4.79 Å². The second-order valence-corrected chi connectivity index (χ2v) is 17.9. The predicted octanol–water partition coefficient (Wildman–Crippen LogP) is 7.01. The molecule has 39 heavy (non-hydrogen) atoms. The van der Waals surface area contributed by atoms with Crippen molar-refractivity contribution in [2.75, 3.05) is 24.6 Å². The third-order valence-electron chi connectivity index (χ3n) is 10.8. The summed E-state index contributed by atoms with van der Waals surface area (Å²) in [4.78, 5) is 10.7. The molecule has 2 aliphatic heterocycles. The number of aliphatic hydroxyl groups is 1. The number of aldehydes is 1. The van der Waals surface area contributed by atoms with E-state index in [1.54, 1.807) is 6.08 Å². The quantitative estimate of drug-likeness (QED) is 0.141. The van der Waals surface area contributed by atoms with E-state index < -0.39 is 6.10 Å². The van der Waals surface area contributed by atoms with E-state index in [1.165, 1.54) is 108 Å². The Morgan fingerprint density at radius 1 is 0.795 bits per heavy atom. The number of ether oxygens (including phenoxy) is 2. The Labute approximate surface area is 243 Å². The lowest BCUT2D eigenvalue weighted by molar-refractivity contribution is -0.104. The maximum atomic E-state index is 10.7. The highest BCUT2D eigenvalue weighted by Gasteiger charge is 2.47. The standard InChI is InChI=1S/C32H55O4P3/c1-2-37-20-29-32(18-28(36-29)26-15-14-22-9-6-7-13-25(22)26)39-21-30-31(38-19-24(34)12-8-16-33)17-27(35-30)23-10-4-3-5-11-23/h8,12,16,22-32,34,37-39H,2-7,9-11,13-15,17-21H2,1H3/b12-8-. The molecule has 0 amide bonds. The molecule has 0 radical (unpaired) electrons. The van der Waals surface area contributed by atoms with E-state index >= 15 is 0 Å². The van der Waals surface area contributed by atoms with Crippen LogP contribution in [0.15, 0.2) is 12.2 Å². The number of aliphatic hydroxyl groups excluding tert-OH is 1. The Hall–Kier alpha value is 0.580. The van der Waals surface area contributed by atoms with E-state index in [4.69, 9.17) is 9.47 Å². The Morgan fingerprint density at radius 2 is 1.49 bits per heavy atom. The van der Waals surface area contributed by atoms with Crippen molar-refractivity contribution in [2.45, 2.75) is 132 Å². The summed E-state index contributed by atoms with van der Waals surface area (Å²) < 4.78 is 13.9. The summed E-state index contributed by atoms with van der Waals surface area (Å²) in [5.41, 5.74) is 1.29. The lowest BCUT2D eigenvalue weighted by Crippen LogP contribution is -2.29. The number of hydrogen-bond acceptors (Lipinski definition) is 4. The summed E-state index contributed by atoms with van der Waals surface area (Å²) in [7, 11) is 2.67. The van der Waals surface area contributed by atoms with E-state index in [0.717, 1.165) is 58.9 Å². The zero-order chi connectivity index (χ0) is 27.0. The summed E-state index contributed by atoms with van der Waals surface area (Å²) in [5, 5.41) is 10.4. The molecule has 2 saturated heterocycles. The van der Waals surface area contributed by atoms with Gasteiger partial charge in [0.2, 0.25) is 0 Å². The zero-order valence-corrected chi connectivity index (χ0v) is 27.3. The minimum Gasteiger partial charge on any atom is -0.389 e. The van der Waals surface area contributed by atoms with Crippen LogP contribution in [0.5, 0.6) is 0 Å². The van der Waals surface area contributed by atoms with Crippen LogP contribution in [0.4, 0.5) is 0 Å². The fourth-order valence-corrected chi connectivity index (χ4v) is 13.5. The number of carbonyl (C=O) groups excluding carboxylic acids is 1. The third kappa shape index (κ3) is 8.36. The molecule has 4 nitrogen and oxygen atoms in total. The topological polar surface area (TPSA) is 55.8 Å². The number of hydrogen-bond donors (Lipinski definition) is 1. The molecule has 0 aromatic carbocycles. The molecule has 13 unspecified atom stereocenters. The van der Waals surface area contributed by atoms with Crippen LogP contribution in [0, 0.1) is 23.7 Å². The molecule has 0 spiro atoms. The first-order chi connectivity index (χ1) is 19.2. The maximum absolute atomic E-state index is 10.7. The molecule has 5 aliphatic rings. The highest BCUT2D eigenvalue weighted by molar-refractivity contribution is 7.40. The van der Waals surface area contributed by atoms with Crippen molar-refractivity contribution >= 4 is 32.0 Å². The summed E-state index contributed by atoms with van der Waals surface area (Å²) in [6.45, 7) is 2.33. The van der Waals surface area contributed by atoms with E-state index in [1.807, 2.05) is 0 Å². The van der Waals surface area contributed by atoms with Crippen molar-refractivity contribution in [3.05, 3.63) is 12.2 Å². The second-order valence-electron chi connectivity index (χ2n) is 13.2.